The molecule has 4 aliphatic heterocycles. The number of ether oxygens (including phenoxy) is 6. The molecule has 1 aromatic heterocycles. The van der Waals surface area contributed by atoms with Crippen molar-refractivity contribution < 1.29 is 103 Å². The van der Waals surface area contributed by atoms with E-state index in [0.717, 1.165) is 27.2 Å². The van der Waals surface area contributed by atoms with Crippen LogP contribution in [0.15, 0.2) is 70.7 Å². The molecule has 22 nitrogen and oxygen atoms in total. The van der Waals surface area contributed by atoms with Gasteiger partial charge in [-0.3, -0.25) is 4.79 Å². The smallest absolute Gasteiger partial charge is 0.226 e. The molecule has 0 spiro atoms. The van der Waals surface area contributed by atoms with Gasteiger partial charge < -0.3 is 126 Å². The molecule has 3 aromatic rings. The van der Waals surface area contributed by atoms with Crippen molar-refractivity contribution in [3.05, 3.63) is 71.4 Å². The van der Waals surface area contributed by atoms with Gasteiger partial charge in [-0.2, -0.15) is 4.57 Å². The van der Waals surface area contributed by atoms with E-state index in [-0.39, 0.29) is 49.3 Å². The monoisotopic (exact) mass is 1090 g/mol. The summed E-state index contributed by atoms with van der Waals surface area (Å²) in [5.74, 6) is -0.368. The molecule has 17 N–H and O–H groups in total. The van der Waals surface area contributed by atoms with E-state index in [4.69, 9.17) is 51.4 Å². The van der Waals surface area contributed by atoms with Gasteiger partial charge in [0.25, 0.3) is 0 Å². The van der Waals surface area contributed by atoms with E-state index < -0.39 is 129 Å². The number of thioether (sulfide) groups is 1. The highest BCUT2D eigenvalue weighted by Crippen LogP contribution is 2.45. The summed E-state index contributed by atoms with van der Waals surface area (Å²) in [6.07, 6.45) is -17.7. The Balaban J connectivity index is 0.00000684. The highest BCUT2D eigenvalue weighted by molar-refractivity contribution is 8.03. The molecule has 5 aliphatic rings. The average Bonchev–Trinajstić information content (AvgIpc) is 3.81. The van der Waals surface area contributed by atoms with Gasteiger partial charge in [0.15, 0.2) is 31.6 Å². The molecule has 0 radical (unpaired) electrons. The molecule has 1 saturated carbocycles. The summed E-state index contributed by atoms with van der Waals surface area (Å²) in [6.45, 7) is -1.32. The van der Waals surface area contributed by atoms with Gasteiger partial charge in [0.05, 0.1) is 53.9 Å². The fourth-order valence-electron chi connectivity index (χ4n) is 9.21. The number of nitrogens with zero attached hydrogens (tertiary/aromatic N) is 2. The van der Waals surface area contributed by atoms with Crippen LogP contribution in [0.4, 0.5) is 5.69 Å². The number of aromatic nitrogens is 1. The number of nitrogens with one attached hydrogen (secondary N) is 1. The quantitative estimate of drug-likeness (QED) is 0.0527. The number of benzene rings is 2. The van der Waals surface area contributed by atoms with Crippen LogP contribution in [0.5, 0.6) is 0 Å². The summed E-state index contributed by atoms with van der Waals surface area (Å²) in [5.41, 5.74) is 28.0. The molecule has 5 heterocycles. The summed E-state index contributed by atoms with van der Waals surface area (Å²) < 4.78 is 37.5. The van der Waals surface area contributed by atoms with Crippen molar-refractivity contribution in [2.24, 2.45) is 22.9 Å². The van der Waals surface area contributed by atoms with Gasteiger partial charge in [-0.25, -0.2) is 0 Å². The molecule has 8 rings (SSSR count). The van der Waals surface area contributed by atoms with Crippen LogP contribution in [0.25, 0.3) is 17.0 Å². The number of pyridine rings is 1. The molecule has 19 atom stereocenters. The van der Waals surface area contributed by atoms with Gasteiger partial charge in [0, 0.05) is 42.7 Å². The van der Waals surface area contributed by atoms with Crippen molar-refractivity contribution in [1.82, 2.24) is 5.32 Å². The van der Waals surface area contributed by atoms with E-state index in [1.165, 1.54) is 4.90 Å². The molecule has 24 heteroatoms. The van der Waals surface area contributed by atoms with Crippen LogP contribution in [0, 0.1) is 0 Å². The van der Waals surface area contributed by atoms with Crippen LogP contribution in [0.1, 0.15) is 18.4 Å². The molecule has 376 valence electrons. The first-order chi connectivity index (χ1) is 32.1. The first-order valence-electron chi connectivity index (χ1n) is 22.3. The first kappa shape index (κ1) is 53.0. The van der Waals surface area contributed by atoms with Crippen molar-refractivity contribution in [2.45, 2.75) is 141 Å². The van der Waals surface area contributed by atoms with Gasteiger partial charge >= 0.3 is 0 Å². The number of carbonyl (C=O) groups is 1. The number of aryl methyl sites for hydroxylation is 1. The Hall–Kier alpha value is -2.78. The molecule has 2 aromatic carbocycles. The molecular formula is C44H62IN7O15S. The number of fused-ring (bicyclic) bond motifs is 2. The lowest BCUT2D eigenvalue weighted by Gasteiger charge is -2.47. The zero-order chi connectivity index (χ0) is 47.8. The summed E-state index contributed by atoms with van der Waals surface area (Å²) in [5, 5.41) is 90.2. The molecular weight excluding hydrogens is 1030 g/mol. The number of aliphatic hydroxyl groups excluding tert-OH is 8. The van der Waals surface area contributed by atoms with Gasteiger partial charge in [-0.05, 0) is 36.3 Å². The SMILES string of the molecule is CN1/C(=C/c2cc[n+](CCC(=O)NC[C@@H]3O[C@H](O[C@H]4[C@@H](O)[C@H](O[C@@H]5[C@@H](O)[C@H](N)C[C@H](N)[C@H]5O[C@H]5O[C@H](CO)[C@@H](O)[C@H](O)[C@H]5N)O[C@@H]4CO)[C@H](N)[C@@H](O)[C@@H]3O)c3ccccc23)Sc2ccccc21.[I-]. The third-order valence-corrected chi connectivity index (χ3v) is 14.3. The van der Waals surface area contributed by atoms with E-state index in [1.54, 1.807) is 11.8 Å². The second-order valence-corrected chi connectivity index (χ2v) is 18.7. The maximum Gasteiger partial charge on any atom is 0.226 e. The standard InChI is InChI=1S/C44H61N7O15S.HI/c1-50-24-8-4-5-9-28(24)67-30(50)14-19-10-12-51(23-7-3-2-6-20(19)23)13-11-29(54)49-16-25-34(56)36(58)31(47)42(61-25)65-40-27(18-53)63-44(38(40)60)66-41-33(55)21(45)15-22(46)39(41)64-43-32(48)37(59)35(57)26(17-52)62-43;/h2-10,12,14,21-22,25-27,31-44,52-53,55-60H,11,13,15-18,45-48H2,1H3;1H/t21-,22+,25+,26-,27-,31-,32-,33+,34-,35-,36-,37-,38-,39-,40-,41-,42-,43-,44+;/m1./s1. The number of hydrogen-bond donors (Lipinski definition) is 13. The lowest BCUT2D eigenvalue weighted by molar-refractivity contribution is -0.670. The third kappa shape index (κ3) is 10.8. The lowest BCUT2D eigenvalue weighted by Crippen LogP contribution is -3.00. The van der Waals surface area contributed by atoms with E-state index in [1.807, 2.05) is 60.3 Å². The van der Waals surface area contributed by atoms with Crippen LogP contribution in [-0.2, 0) is 39.8 Å². The number of carbonyl (C=O) groups excluding carboxylic acids is 1. The Morgan fingerprint density at radius 1 is 0.750 bits per heavy atom. The minimum atomic E-state index is -1.71. The zero-order valence-corrected chi connectivity index (χ0v) is 40.0. The normalized spacial score (nSPS) is 38.9. The molecule has 1 aliphatic carbocycles. The molecule has 4 fully saturated rings. The van der Waals surface area contributed by atoms with Crippen molar-refractivity contribution >= 4 is 40.3 Å². The van der Waals surface area contributed by atoms with Crippen molar-refractivity contribution in [3.63, 3.8) is 0 Å². The Kier molecular flexibility index (Phi) is 17.7. The van der Waals surface area contributed by atoms with Crippen LogP contribution < -0.4 is 61.7 Å². The second kappa shape index (κ2) is 22.7. The fourth-order valence-corrected chi connectivity index (χ4v) is 10.3. The summed E-state index contributed by atoms with van der Waals surface area (Å²) in [4.78, 5) is 16.6. The Morgan fingerprint density at radius 2 is 1.35 bits per heavy atom. The van der Waals surface area contributed by atoms with E-state index in [9.17, 15) is 45.6 Å². The number of hydrogen-bond acceptors (Lipinski definition) is 21. The van der Waals surface area contributed by atoms with Crippen molar-refractivity contribution in [1.29, 1.82) is 0 Å². The van der Waals surface area contributed by atoms with Crippen molar-refractivity contribution in [3.8, 4) is 0 Å². The number of amides is 1. The van der Waals surface area contributed by atoms with Gasteiger partial charge in [-0.15, -0.1) is 0 Å². The first-order valence-corrected chi connectivity index (χ1v) is 23.1. The lowest BCUT2D eigenvalue weighted by atomic mass is 9.84. The number of nitrogens with two attached hydrogens (primary N) is 4. The Labute approximate surface area is 413 Å². The Morgan fingerprint density at radius 3 is 2.04 bits per heavy atom. The van der Waals surface area contributed by atoms with E-state index in [2.05, 4.69) is 28.4 Å². The molecule has 68 heavy (non-hydrogen) atoms. The van der Waals surface area contributed by atoms with E-state index in [0.29, 0.717) is 6.54 Å². The van der Waals surface area contributed by atoms with Gasteiger partial charge in [0.1, 0.15) is 67.1 Å². The molecule has 3 saturated heterocycles. The van der Waals surface area contributed by atoms with Crippen LogP contribution in [0.3, 0.4) is 0 Å². The van der Waals surface area contributed by atoms with Gasteiger partial charge in [0.2, 0.25) is 11.4 Å². The number of aliphatic hydroxyl groups is 8. The summed E-state index contributed by atoms with van der Waals surface area (Å²) >= 11 is 1.70. The molecule has 0 unspecified atom stereocenters. The Bertz CT molecular complexity index is 2230. The number of rotatable bonds is 14. The number of anilines is 1. The number of para-hydroxylation sites is 2. The van der Waals surface area contributed by atoms with Crippen LogP contribution in [-0.4, -0.2) is 190 Å². The van der Waals surface area contributed by atoms with Crippen LogP contribution in [0.2, 0.25) is 0 Å². The highest BCUT2D eigenvalue weighted by atomic mass is 127. The maximum absolute atomic E-state index is 13.3. The average molecular weight is 1090 g/mol. The zero-order valence-electron chi connectivity index (χ0n) is 37.0. The highest BCUT2D eigenvalue weighted by Gasteiger charge is 2.54. The predicted octanol–water partition coefficient (Wildman–Crippen LogP) is -7.63. The predicted molar refractivity (Wildman–Crippen MR) is 238 cm³/mol. The van der Waals surface area contributed by atoms with E-state index >= 15 is 0 Å². The molecule has 0 bridgehead atoms. The van der Waals surface area contributed by atoms with Gasteiger partial charge in [-0.1, -0.05) is 36.0 Å². The summed E-state index contributed by atoms with van der Waals surface area (Å²) in [6, 6.07) is 13.6. The maximum atomic E-state index is 13.3. The fraction of sp³-hybridized carbons (Fsp3) is 0.591. The minimum Gasteiger partial charge on any atom is -1.00 e. The number of halogens is 1. The van der Waals surface area contributed by atoms with Crippen LogP contribution >= 0.6 is 11.8 Å². The summed E-state index contributed by atoms with van der Waals surface area (Å²) in [7, 11) is 2.04. The molecule has 1 amide bonds. The third-order valence-electron chi connectivity index (χ3n) is 13.2. The second-order valence-electron chi connectivity index (χ2n) is 17.6. The topological polar surface area (TPSA) is 358 Å². The minimum absolute atomic E-state index is 0. The van der Waals surface area contributed by atoms with Crippen molar-refractivity contribution in [2.75, 3.05) is 31.7 Å². The largest absolute Gasteiger partial charge is 1.00 e.